The summed E-state index contributed by atoms with van der Waals surface area (Å²) in [7, 11) is 0. The maximum Gasteiger partial charge on any atom is 0.188 e. The summed E-state index contributed by atoms with van der Waals surface area (Å²) in [6, 6.07) is 9.55. The van der Waals surface area contributed by atoms with Gasteiger partial charge in [-0.2, -0.15) is 4.68 Å². The van der Waals surface area contributed by atoms with Gasteiger partial charge in [0.2, 0.25) is 0 Å². The molecule has 0 unspecified atom stereocenters. The number of benzene rings is 2. The van der Waals surface area contributed by atoms with Crippen LogP contribution in [0.3, 0.4) is 0 Å². The number of nitrogens with two attached hydrogens (primary N) is 1. The molecule has 3 rings (SSSR count). The molecular weight excluding hydrogens is 361 g/mol. The van der Waals surface area contributed by atoms with E-state index in [1.807, 2.05) is 0 Å². The van der Waals surface area contributed by atoms with E-state index in [4.69, 9.17) is 17.3 Å². The van der Waals surface area contributed by atoms with Crippen molar-refractivity contribution in [1.29, 1.82) is 0 Å². The highest BCUT2D eigenvalue weighted by atomic mass is 79.9. The summed E-state index contributed by atoms with van der Waals surface area (Å²) < 4.78 is 16.0. The third kappa shape index (κ3) is 2.62. The van der Waals surface area contributed by atoms with Crippen LogP contribution in [-0.4, -0.2) is 20.2 Å². The number of hydrogen-bond donors (Lipinski definition) is 1. The van der Waals surface area contributed by atoms with E-state index in [0.29, 0.717) is 26.6 Å². The van der Waals surface area contributed by atoms with E-state index in [0.717, 1.165) is 0 Å². The molecule has 1 heterocycles. The van der Waals surface area contributed by atoms with Gasteiger partial charge in [0.05, 0.1) is 5.02 Å². The Balaban J connectivity index is 2.19. The maximum atomic E-state index is 14.1. The first-order valence-corrected chi connectivity index (χ1v) is 7.02. The molecule has 0 aliphatic carbocycles. The minimum Gasteiger partial charge on any atom is -0.399 e. The van der Waals surface area contributed by atoms with Crippen molar-refractivity contribution in [3.8, 4) is 17.1 Å². The van der Waals surface area contributed by atoms with Gasteiger partial charge < -0.3 is 5.73 Å². The first-order chi connectivity index (χ1) is 10.1. The van der Waals surface area contributed by atoms with Crippen LogP contribution in [0.1, 0.15) is 0 Å². The quantitative estimate of drug-likeness (QED) is 0.703. The third-order valence-electron chi connectivity index (χ3n) is 2.84. The lowest BCUT2D eigenvalue weighted by molar-refractivity contribution is 0.607. The molecule has 106 valence electrons. The van der Waals surface area contributed by atoms with Crippen LogP contribution >= 0.6 is 27.5 Å². The van der Waals surface area contributed by atoms with Gasteiger partial charge in [0.1, 0.15) is 11.5 Å². The highest BCUT2D eigenvalue weighted by molar-refractivity contribution is 9.10. The Bertz CT molecular complexity index is 820. The summed E-state index contributed by atoms with van der Waals surface area (Å²) in [4.78, 5) is 0. The van der Waals surface area contributed by atoms with Crippen LogP contribution in [0.5, 0.6) is 0 Å². The first-order valence-electron chi connectivity index (χ1n) is 5.85. The van der Waals surface area contributed by atoms with E-state index in [9.17, 15) is 4.39 Å². The van der Waals surface area contributed by atoms with Crippen molar-refractivity contribution in [3.05, 3.63) is 51.7 Å². The van der Waals surface area contributed by atoms with Crippen LogP contribution in [0, 0.1) is 5.82 Å². The molecule has 21 heavy (non-hydrogen) atoms. The molecule has 0 saturated carbocycles. The number of nitrogen functional groups attached to an aromatic ring is 1. The number of anilines is 1. The van der Waals surface area contributed by atoms with Crippen molar-refractivity contribution in [1.82, 2.24) is 20.2 Å². The lowest BCUT2D eigenvalue weighted by atomic mass is 10.2. The molecule has 0 aliphatic heterocycles. The van der Waals surface area contributed by atoms with Crippen LogP contribution in [-0.2, 0) is 0 Å². The van der Waals surface area contributed by atoms with Crippen molar-refractivity contribution in [2.45, 2.75) is 0 Å². The number of nitrogens with zero attached hydrogens (tertiary/aromatic N) is 4. The number of hydrogen-bond acceptors (Lipinski definition) is 4. The average Bonchev–Trinajstić information content (AvgIpc) is 2.90. The molecule has 0 bridgehead atoms. The number of aromatic nitrogens is 4. The predicted molar refractivity (Wildman–Crippen MR) is 81.7 cm³/mol. The standard InChI is InChI=1S/C13H8BrClFN5/c14-7-1-4-12(11(16)5-7)21-13(18-19-20-21)9-6-8(17)2-3-10(9)15/h1-6H,17H2. The van der Waals surface area contributed by atoms with Crippen LogP contribution in [0.15, 0.2) is 40.9 Å². The molecule has 0 atom stereocenters. The Kier molecular flexibility index (Phi) is 3.60. The van der Waals surface area contributed by atoms with Crippen LogP contribution < -0.4 is 5.73 Å². The Morgan fingerprint density at radius 1 is 1.19 bits per heavy atom. The molecule has 0 radical (unpaired) electrons. The predicted octanol–water partition coefficient (Wildman–Crippen LogP) is 3.47. The van der Waals surface area contributed by atoms with E-state index in [1.54, 1.807) is 30.3 Å². The Morgan fingerprint density at radius 2 is 2.00 bits per heavy atom. The number of rotatable bonds is 2. The molecule has 2 aromatic carbocycles. The maximum absolute atomic E-state index is 14.1. The minimum atomic E-state index is -0.460. The summed E-state index contributed by atoms with van der Waals surface area (Å²) in [5, 5.41) is 11.8. The van der Waals surface area contributed by atoms with Gasteiger partial charge >= 0.3 is 0 Å². The zero-order valence-electron chi connectivity index (χ0n) is 10.5. The second-order valence-corrected chi connectivity index (χ2v) is 5.57. The fraction of sp³-hybridized carbons (Fsp3) is 0. The Hall–Kier alpha value is -1.99. The van der Waals surface area contributed by atoms with Crippen LogP contribution in [0.4, 0.5) is 10.1 Å². The smallest absolute Gasteiger partial charge is 0.188 e. The molecule has 8 heteroatoms. The van der Waals surface area contributed by atoms with E-state index in [2.05, 4.69) is 31.5 Å². The second-order valence-electron chi connectivity index (χ2n) is 4.25. The van der Waals surface area contributed by atoms with E-state index in [1.165, 1.54) is 10.7 Å². The average molecular weight is 369 g/mol. The van der Waals surface area contributed by atoms with Crippen LogP contribution in [0.25, 0.3) is 17.1 Å². The molecule has 1 aromatic heterocycles. The van der Waals surface area contributed by atoms with E-state index >= 15 is 0 Å². The van der Waals surface area contributed by atoms with Crippen molar-refractivity contribution >= 4 is 33.2 Å². The van der Waals surface area contributed by atoms with Gasteiger partial charge in [-0.25, -0.2) is 4.39 Å². The number of tetrazole rings is 1. The molecule has 0 saturated heterocycles. The topological polar surface area (TPSA) is 69.6 Å². The van der Waals surface area contributed by atoms with Crippen LogP contribution in [0.2, 0.25) is 5.02 Å². The molecule has 0 amide bonds. The zero-order chi connectivity index (χ0) is 15.0. The lowest BCUT2D eigenvalue weighted by Gasteiger charge is -2.08. The summed E-state index contributed by atoms with van der Waals surface area (Å²) >= 11 is 9.35. The van der Waals surface area contributed by atoms with E-state index in [-0.39, 0.29) is 5.69 Å². The van der Waals surface area contributed by atoms with E-state index < -0.39 is 5.82 Å². The molecule has 0 spiro atoms. The highest BCUT2D eigenvalue weighted by Crippen LogP contribution is 2.30. The third-order valence-corrected chi connectivity index (χ3v) is 3.66. The molecule has 0 fully saturated rings. The molecule has 0 aliphatic rings. The van der Waals surface area contributed by atoms with Gasteiger partial charge in [0.15, 0.2) is 5.82 Å². The lowest BCUT2D eigenvalue weighted by Crippen LogP contribution is -2.03. The Morgan fingerprint density at radius 3 is 2.76 bits per heavy atom. The molecule has 5 nitrogen and oxygen atoms in total. The summed E-state index contributed by atoms with van der Waals surface area (Å²) in [5.41, 5.74) is 7.02. The zero-order valence-corrected chi connectivity index (χ0v) is 12.8. The summed E-state index contributed by atoms with van der Waals surface area (Å²) in [6.07, 6.45) is 0. The SMILES string of the molecule is Nc1ccc(Cl)c(-c2nnnn2-c2ccc(Br)cc2F)c1. The van der Waals surface area contributed by atoms with Gasteiger partial charge in [-0.05, 0) is 46.8 Å². The van der Waals surface area contributed by atoms with Gasteiger partial charge in [-0.3, -0.25) is 0 Å². The summed E-state index contributed by atoms with van der Waals surface area (Å²) in [6.45, 7) is 0. The van der Waals surface area contributed by atoms with Crippen molar-refractivity contribution in [3.63, 3.8) is 0 Å². The largest absolute Gasteiger partial charge is 0.399 e. The number of halogens is 3. The van der Waals surface area contributed by atoms with Gasteiger partial charge in [0, 0.05) is 15.7 Å². The van der Waals surface area contributed by atoms with Crippen molar-refractivity contribution in [2.24, 2.45) is 0 Å². The van der Waals surface area contributed by atoms with Crippen molar-refractivity contribution in [2.75, 3.05) is 5.73 Å². The molecule has 2 N–H and O–H groups in total. The highest BCUT2D eigenvalue weighted by Gasteiger charge is 2.16. The monoisotopic (exact) mass is 367 g/mol. The molecular formula is C13H8BrClFN5. The van der Waals surface area contributed by atoms with Crippen molar-refractivity contribution < 1.29 is 4.39 Å². The first kappa shape index (κ1) is 14.0. The minimum absolute atomic E-state index is 0.219. The second kappa shape index (κ2) is 5.42. The van der Waals surface area contributed by atoms with Gasteiger partial charge in [-0.1, -0.05) is 27.5 Å². The summed E-state index contributed by atoms with van der Waals surface area (Å²) in [5.74, 6) is -0.147. The van der Waals surface area contributed by atoms with Gasteiger partial charge in [-0.15, -0.1) is 5.10 Å². The fourth-order valence-electron chi connectivity index (χ4n) is 1.88. The Labute approximate surface area is 132 Å². The van der Waals surface area contributed by atoms with Gasteiger partial charge in [0.25, 0.3) is 0 Å². The molecule has 3 aromatic rings. The normalized spacial score (nSPS) is 10.8. The fourth-order valence-corrected chi connectivity index (χ4v) is 2.42.